The van der Waals surface area contributed by atoms with Gasteiger partial charge >= 0.3 is 0 Å². The maximum absolute atomic E-state index is 12.5. The second-order valence-corrected chi connectivity index (χ2v) is 8.63. The number of hydrogen-bond acceptors (Lipinski definition) is 3. The summed E-state index contributed by atoms with van der Waals surface area (Å²) in [6.45, 7) is 2.03. The lowest BCUT2D eigenvalue weighted by Gasteiger charge is -2.32. The number of nitrogens with one attached hydrogen (secondary N) is 1. The average molecular weight is 424 g/mol. The van der Waals surface area contributed by atoms with Gasteiger partial charge in [-0.25, -0.2) is 0 Å². The van der Waals surface area contributed by atoms with Crippen molar-refractivity contribution < 1.29 is 9.59 Å². The van der Waals surface area contributed by atoms with E-state index in [-0.39, 0.29) is 23.1 Å². The molecule has 1 saturated heterocycles. The van der Waals surface area contributed by atoms with E-state index in [4.69, 9.17) is 11.6 Å². The zero-order chi connectivity index (χ0) is 21.0. The van der Waals surface area contributed by atoms with Crippen LogP contribution >= 0.6 is 11.6 Å². The van der Waals surface area contributed by atoms with E-state index in [1.165, 1.54) is 0 Å². The number of aromatic nitrogens is 1. The van der Waals surface area contributed by atoms with Gasteiger partial charge in [-0.05, 0) is 60.6 Å². The van der Waals surface area contributed by atoms with Gasteiger partial charge in [-0.1, -0.05) is 29.8 Å². The second-order valence-electron chi connectivity index (χ2n) is 8.19. The minimum absolute atomic E-state index is 0.0248. The van der Waals surface area contributed by atoms with Crippen molar-refractivity contribution in [1.82, 2.24) is 15.2 Å². The lowest BCUT2D eigenvalue weighted by atomic mass is 9.90. The van der Waals surface area contributed by atoms with Gasteiger partial charge in [-0.15, -0.1) is 0 Å². The third-order valence-electron chi connectivity index (χ3n) is 6.27. The molecule has 2 fully saturated rings. The molecule has 4 rings (SSSR count). The molecule has 2 aliphatic rings. The largest absolute Gasteiger partial charge is 0.355 e. The number of carbonyl (C=O) groups excluding carboxylic acids is 2. The second kappa shape index (κ2) is 9.00. The quantitative estimate of drug-likeness (QED) is 0.720. The Morgan fingerprint density at radius 3 is 2.63 bits per heavy atom. The molecular formula is C24H26ClN3O2. The van der Waals surface area contributed by atoms with Crippen LogP contribution in [0.25, 0.3) is 6.08 Å². The summed E-state index contributed by atoms with van der Waals surface area (Å²) >= 11 is 5.89. The van der Waals surface area contributed by atoms with Crippen molar-refractivity contribution in [3.05, 3.63) is 71.0 Å². The maximum atomic E-state index is 12.5. The molecule has 1 unspecified atom stereocenters. The number of halogens is 1. The molecule has 0 bridgehead atoms. The lowest BCUT2D eigenvalue weighted by Crippen LogP contribution is -2.40. The van der Waals surface area contributed by atoms with E-state index >= 15 is 0 Å². The number of piperidine rings is 1. The molecule has 1 aromatic carbocycles. The summed E-state index contributed by atoms with van der Waals surface area (Å²) in [5.41, 5.74) is 2.03. The summed E-state index contributed by atoms with van der Waals surface area (Å²) in [5.74, 6) is 0.258. The van der Waals surface area contributed by atoms with Gasteiger partial charge < -0.3 is 10.2 Å². The molecule has 0 radical (unpaired) electrons. The molecule has 5 nitrogen and oxygen atoms in total. The number of rotatable bonds is 6. The zero-order valence-electron chi connectivity index (χ0n) is 16.9. The van der Waals surface area contributed by atoms with Crippen molar-refractivity contribution in [3.8, 4) is 0 Å². The first kappa shape index (κ1) is 20.6. The van der Waals surface area contributed by atoms with Crippen LogP contribution in [-0.4, -0.2) is 41.3 Å². The van der Waals surface area contributed by atoms with Crippen LogP contribution in [0.3, 0.4) is 0 Å². The fourth-order valence-corrected chi connectivity index (χ4v) is 4.40. The molecule has 2 aromatic rings. The number of likely N-dealkylation sites (tertiary alicyclic amines) is 1. The van der Waals surface area contributed by atoms with Crippen LogP contribution in [0.15, 0.2) is 54.7 Å². The SMILES string of the molecule is O=C(NCCc1ccccn1)C1CC12CCN(C(=O)C=Cc1ccc(Cl)cc1)CC2. The first-order chi connectivity index (χ1) is 14.6. The first-order valence-corrected chi connectivity index (χ1v) is 10.8. The highest BCUT2D eigenvalue weighted by atomic mass is 35.5. The molecule has 1 spiro atoms. The van der Waals surface area contributed by atoms with Crippen LogP contribution in [0, 0.1) is 11.3 Å². The van der Waals surface area contributed by atoms with Gasteiger partial charge in [-0.3, -0.25) is 14.6 Å². The van der Waals surface area contributed by atoms with Gasteiger partial charge in [0.15, 0.2) is 0 Å². The van der Waals surface area contributed by atoms with Crippen LogP contribution in [0.1, 0.15) is 30.5 Å². The Labute approximate surface area is 182 Å². The van der Waals surface area contributed by atoms with E-state index in [0.29, 0.717) is 24.7 Å². The smallest absolute Gasteiger partial charge is 0.246 e. The molecule has 1 atom stereocenters. The van der Waals surface area contributed by atoms with Gasteiger partial charge in [0.2, 0.25) is 11.8 Å². The Kier molecular flexibility index (Phi) is 6.18. The Morgan fingerprint density at radius 1 is 1.17 bits per heavy atom. The molecule has 30 heavy (non-hydrogen) atoms. The molecule has 1 aromatic heterocycles. The fraction of sp³-hybridized carbons (Fsp3) is 0.375. The van der Waals surface area contributed by atoms with Crippen molar-refractivity contribution >= 4 is 29.5 Å². The van der Waals surface area contributed by atoms with E-state index in [2.05, 4.69) is 10.3 Å². The van der Waals surface area contributed by atoms with Crippen molar-refractivity contribution in [2.75, 3.05) is 19.6 Å². The molecule has 1 saturated carbocycles. The summed E-state index contributed by atoms with van der Waals surface area (Å²) in [6, 6.07) is 13.2. The molecule has 1 aliphatic heterocycles. The number of hydrogen-bond donors (Lipinski definition) is 1. The normalized spacial score (nSPS) is 19.8. The average Bonchev–Trinajstić information content (AvgIpc) is 3.47. The maximum Gasteiger partial charge on any atom is 0.246 e. The van der Waals surface area contributed by atoms with Crippen molar-refractivity contribution in [3.63, 3.8) is 0 Å². The Hall–Kier alpha value is -2.66. The number of carbonyl (C=O) groups is 2. The minimum atomic E-state index is 0.0248. The summed E-state index contributed by atoms with van der Waals surface area (Å²) in [7, 11) is 0. The van der Waals surface area contributed by atoms with Gasteiger partial charge in [-0.2, -0.15) is 0 Å². The molecule has 2 amide bonds. The van der Waals surface area contributed by atoms with Crippen molar-refractivity contribution in [1.29, 1.82) is 0 Å². The lowest BCUT2D eigenvalue weighted by molar-refractivity contribution is -0.127. The van der Waals surface area contributed by atoms with E-state index in [0.717, 1.165) is 36.9 Å². The van der Waals surface area contributed by atoms with Crippen molar-refractivity contribution in [2.45, 2.75) is 25.7 Å². The van der Waals surface area contributed by atoms with Crippen LogP contribution in [-0.2, 0) is 16.0 Å². The van der Waals surface area contributed by atoms with Crippen LogP contribution in [0.2, 0.25) is 5.02 Å². The van der Waals surface area contributed by atoms with Crippen LogP contribution < -0.4 is 5.32 Å². The predicted octanol–water partition coefficient (Wildman–Crippen LogP) is 3.74. The third kappa shape index (κ3) is 4.90. The first-order valence-electron chi connectivity index (χ1n) is 10.5. The van der Waals surface area contributed by atoms with Gasteiger partial charge in [0.1, 0.15) is 0 Å². The Balaban J connectivity index is 1.21. The highest BCUT2D eigenvalue weighted by molar-refractivity contribution is 6.30. The standard InChI is InChI=1S/C24H26ClN3O2/c25-19-7-4-18(5-8-19)6-9-22(29)28-15-11-24(12-16-28)17-21(24)23(30)27-14-10-20-3-1-2-13-26-20/h1-9,13,21H,10-12,14-17H2,(H,27,30). The number of pyridine rings is 1. The van der Waals surface area contributed by atoms with E-state index in [1.54, 1.807) is 12.3 Å². The number of benzene rings is 1. The predicted molar refractivity (Wildman–Crippen MR) is 118 cm³/mol. The fourth-order valence-electron chi connectivity index (χ4n) is 4.27. The highest BCUT2D eigenvalue weighted by Crippen LogP contribution is 2.59. The van der Waals surface area contributed by atoms with E-state index in [9.17, 15) is 9.59 Å². The van der Waals surface area contributed by atoms with E-state index < -0.39 is 0 Å². The number of amides is 2. The van der Waals surface area contributed by atoms with Gasteiger partial charge in [0, 0.05) is 55.0 Å². The van der Waals surface area contributed by atoms with E-state index in [1.807, 2.05) is 53.4 Å². The van der Waals surface area contributed by atoms with Gasteiger partial charge in [0.25, 0.3) is 0 Å². The molecule has 1 N–H and O–H groups in total. The minimum Gasteiger partial charge on any atom is -0.355 e. The monoisotopic (exact) mass is 423 g/mol. The number of nitrogens with zero attached hydrogens (tertiary/aromatic N) is 2. The third-order valence-corrected chi connectivity index (χ3v) is 6.52. The molecule has 1 aliphatic carbocycles. The summed E-state index contributed by atoms with van der Waals surface area (Å²) in [6.07, 6.45) is 8.68. The van der Waals surface area contributed by atoms with Crippen LogP contribution in [0.5, 0.6) is 0 Å². The van der Waals surface area contributed by atoms with Crippen molar-refractivity contribution in [2.24, 2.45) is 11.3 Å². The topological polar surface area (TPSA) is 62.3 Å². The Morgan fingerprint density at radius 2 is 1.93 bits per heavy atom. The zero-order valence-corrected chi connectivity index (χ0v) is 17.6. The Bertz CT molecular complexity index is 919. The molecular weight excluding hydrogens is 398 g/mol. The van der Waals surface area contributed by atoms with Gasteiger partial charge in [0.05, 0.1) is 0 Å². The van der Waals surface area contributed by atoms with Crippen LogP contribution in [0.4, 0.5) is 0 Å². The molecule has 2 heterocycles. The summed E-state index contributed by atoms with van der Waals surface area (Å²) < 4.78 is 0. The summed E-state index contributed by atoms with van der Waals surface area (Å²) in [4.78, 5) is 31.2. The molecule has 6 heteroatoms. The summed E-state index contributed by atoms with van der Waals surface area (Å²) in [5, 5.41) is 3.74. The highest BCUT2D eigenvalue weighted by Gasteiger charge is 2.58. The molecule has 156 valence electrons.